The number of benzene rings is 2. The van der Waals surface area contributed by atoms with E-state index in [1.54, 1.807) is 12.1 Å². The Kier molecular flexibility index (Phi) is 5.17. The summed E-state index contributed by atoms with van der Waals surface area (Å²) in [6.45, 7) is 4.64. The Morgan fingerprint density at radius 3 is 2.77 bits per heavy atom. The van der Waals surface area contributed by atoms with E-state index >= 15 is 0 Å². The first-order valence-corrected chi connectivity index (χ1v) is 10.4. The third-order valence-electron chi connectivity index (χ3n) is 5.06. The fourth-order valence-corrected chi connectivity index (χ4v) is 4.32. The highest BCUT2D eigenvalue weighted by molar-refractivity contribution is 7.13. The lowest BCUT2D eigenvalue weighted by Crippen LogP contribution is -2.16. The van der Waals surface area contributed by atoms with Gasteiger partial charge in [0.25, 0.3) is 0 Å². The van der Waals surface area contributed by atoms with Crippen LogP contribution in [0.1, 0.15) is 41.5 Å². The number of carboxylic acids is 1. The van der Waals surface area contributed by atoms with E-state index in [2.05, 4.69) is 29.0 Å². The van der Waals surface area contributed by atoms with Crippen molar-refractivity contribution in [2.45, 2.75) is 26.3 Å². The first-order valence-electron chi connectivity index (χ1n) is 9.54. The number of rotatable bonds is 6. The van der Waals surface area contributed by atoms with Crippen molar-refractivity contribution in [1.82, 2.24) is 15.2 Å². The normalized spacial score (nSPS) is 11.3. The molecule has 0 aliphatic rings. The Morgan fingerprint density at radius 2 is 2.07 bits per heavy atom. The molecule has 2 aromatic heterocycles. The second-order valence-electron chi connectivity index (χ2n) is 7.51. The number of hydrogen-bond acceptors (Lipinski definition) is 6. The zero-order valence-electron chi connectivity index (χ0n) is 16.9. The van der Waals surface area contributed by atoms with Crippen LogP contribution in [0.3, 0.4) is 0 Å². The van der Waals surface area contributed by atoms with Gasteiger partial charge in [-0.25, -0.2) is 9.78 Å². The molecular weight excluding hydrogens is 400 g/mol. The molecule has 2 heterocycles. The lowest BCUT2D eigenvalue weighted by molar-refractivity contribution is 0.0692. The van der Waals surface area contributed by atoms with Gasteiger partial charge in [0.2, 0.25) is 0 Å². The first-order chi connectivity index (χ1) is 14.3. The molecule has 2 aromatic carbocycles. The van der Waals surface area contributed by atoms with Crippen molar-refractivity contribution in [3.8, 4) is 16.3 Å². The quantitative estimate of drug-likeness (QED) is 0.410. The molecule has 154 valence electrons. The monoisotopic (exact) mass is 422 g/mol. The van der Waals surface area contributed by atoms with Gasteiger partial charge in [0.1, 0.15) is 10.8 Å². The van der Waals surface area contributed by atoms with Gasteiger partial charge in [-0.05, 0) is 30.2 Å². The van der Waals surface area contributed by atoms with E-state index in [0.29, 0.717) is 23.4 Å². The number of hydrogen-bond donors (Lipinski definition) is 3. The summed E-state index contributed by atoms with van der Waals surface area (Å²) in [6, 6.07) is 11.2. The number of para-hydroxylation sites is 1. The molecule has 0 atom stereocenters. The van der Waals surface area contributed by atoms with Gasteiger partial charge in [0.15, 0.2) is 5.69 Å². The Labute approximate surface area is 177 Å². The highest BCUT2D eigenvalue weighted by Gasteiger charge is 2.17. The maximum atomic E-state index is 11.4. The van der Waals surface area contributed by atoms with Crippen LogP contribution in [-0.2, 0) is 6.54 Å². The number of nitrogens with zero attached hydrogens (tertiary/aromatic N) is 3. The van der Waals surface area contributed by atoms with E-state index in [4.69, 9.17) is 0 Å². The van der Waals surface area contributed by atoms with Crippen LogP contribution >= 0.6 is 11.3 Å². The number of aromatic amines is 1. The maximum absolute atomic E-state index is 11.4. The molecule has 8 heteroatoms. The predicted molar refractivity (Wildman–Crippen MR) is 118 cm³/mol. The van der Waals surface area contributed by atoms with Gasteiger partial charge in [-0.2, -0.15) is 5.10 Å². The molecule has 7 nitrogen and oxygen atoms in total. The summed E-state index contributed by atoms with van der Waals surface area (Å²) >= 11 is 1.53. The molecule has 3 N–H and O–H groups in total. The molecule has 4 aromatic rings. The highest BCUT2D eigenvalue weighted by atomic mass is 32.1. The van der Waals surface area contributed by atoms with E-state index in [0.717, 1.165) is 27.5 Å². The van der Waals surface area contributed by atoms with Crippen LogP contribution in [0.4, 0.5) is 5.69 Å². The zero-order chi connectivity index (χ0) is 21.4. The van der Waals surface area contributed by atoms with E-state index < -0.39 is 5.97 Å². The summed E-state index contributed by atoms with van der Waals surface area (Å²) in [5, 5.41) is 30.2. The summed E-state index contributed by atoms with van der Waals surface area (Å²) in [4.78, 5) is 18.0. The minimum atomic E-state index is -1.07. The van der Waals surface area contributed by atoms with Gasteiger partial charge in [0, 0.05) is 35.6 Å². The number of thiazole rings is 1. The Bertz CT molecular complexity index is 1230. The van der Waals surface area contributed by atoms with Crippen molar-refractivity contribution < 1.29 is 15.0 Å². The SMILES string of the molecule is CC(C)c1csc(-c2cccc(CN(C)c3ccc4[nH]nc(C(=O)O)c4c3)c2O)n1. The number of nitrogens with one attached hydrogen (secondary N) is 1. The molecule has 0 unspecified atom stereocenters. The Hall–Kier alpha value is -3.39. The van der Waals surface area contributed by atoms with Crippen LogP contribution in [0, 0.1) is 0 Å². The van der Waals surface area contributed by atoms with Crippen LogP contribution in [-0.4, -0.2) is 38.4 Å². The number of anilines is 1. The van der Waals surface area contributed by atoms with Gasteiger partial charge < -0.3 is 15.1 Å². The van der Waals surface area contributed by atoms with Crippen molar-refractivity contribution in [2.75, 3.05) is 11.9 Å². The summed E-state index contributed by atoms with van der Waals surface area (Å²) in [6.07, 6.45) is 0. The number of carboxylic acid groups (broad SMARTS) is 1. The number of aromatic carboxylic acids is 1. The maximum Gasteiger partial charge on any atom is 0.357 e. The Morgan fingerprint density at radius 1 is 1.27 bits per heavy atom. The number of carbonyl (C=O) groups is 1. The predicted octanol–water partition coefficient (Wildman–Crippen LogP) is 4.85. The van der Waals surface area contributed by atoms with E-state index in [1.807, 2.05) is 41.6 Å². The molecule has 0 fully saturated rings. The minimum Gasteiger partial charge on any atom is -0.507 e. The number of aromatic nitrogens is 3. The molecular formula is C22H22N4O3S. The summed E-state index contributed by atoms with van der Waals surface area (Å²) in [5.74, 6) is -0.528. The van der Waals surface area contributed by atoms with Gasteiger partial charge in [-0.3, -0.25) is 5.10 Å². The molecule has 0 spiro atoms. The third-order valence-corrected chi connectivity index (χ3v) is 5.95. The van der Waals surface area contributed by atoms with Gasteiger partial charge >= 0.3 is 5.97 Å². The van der Waals surface area contributed by atoms with Crippen molar-refractivity contribution in [3.05, 3.63) is 58.7 Å². The smallest absolute Gasteiger partial charge is 0.357 e. The van der Waals surface area contributed by atoms with Gasteiger partial charge in [0.05, 0.1) is 16.8 Å². The largest absolute Gasteiger partial charge is 0.507 e. The van der Waals surface area contributed by atoms with E-state index in [-0.39, 0.29) is 11.4 Å². The number of H-pyrrole nitrogens is 1. The molecule has 0 amide bonds. The standard InChI is InChI=1S/C22H22N4O3S/c1-12(2)18-11-30-21(23-18)15-6-4-5-13(20(15)27)10-26(3)14-7-8-17-16(9-14)19(22(28)29)25-24-17/h4-9,11-12,27H,10H2,1-3H3,(H,24,25)(H,28,29). The first kappa shape index (κ1) is 19.9. The number of fused-ring (bicyclic) bond motifs is 1. The minimum absolute atomic E-state index is 0.00480. The number of phenolic OH excluding ortho intramolecular Hbond substituents is 1. The molecule has 0 saturated carbocycles. The second kappa shape index (κ2) is 7.79. The van der Waals surface area contributed by atoms with Crippen LogP contribution in [0.5, 0.6) is 5.75 Å². The average molecular weight is 423 g/mol. The van der Waals surface area contributed by atoms with Crippen molar-refractivity contribution >= 4 is 33.9 Å². The molecule has 4 rings (SSSR count). The molecule has 30 heavy (non-hydrogen) atoms. The lowest BCUT2D eigenvalue weighted by Gasteiger charge is -2.21. The molecule has 0 bridgehead atoms. The fourth-order valence-electron chi connectivity index (χ4n) is 3.32. The molecule has 0 radical (unpaired) electrons. The van der Waals surface area contributed by atoms with Gasteiger partial charge in [-0.15, -0.1) is 11.3 Å². The van der Waals surface area contributed by atoms with Crippen molar-refractivity contribution in [1.29, 1.82) is 0 Å². The van der Waals surface area contributed by atoms with E-state index in [1.165, 1.54) is 11.3 Å². The summed E-state index contributed by atoms with van der Waals surface area (Å²) < 4.78 is 0. The topological polar surface area (TPSA) is 102 Å². The molecule has 0 aliphatic carbocycles. The van der Waals surface area contributed by atoms with Crippen LogP contribution < -0.4 is 4.90 Å². The Balaban J connectivity index is 1.63. The fraction of sp³-hybridized carbons (Fsp3) is 0.227. The average Bonchev–Trinajstić information content (AvgIpc) is 3.36. The summed E-state index contributed by atoms with van der Waals surface area (Å²) in [5.41, 5.74) is 3.99. The molecule has 0 aliphatic heterocycles. The second-order valence-corrected chi connectivity index (χ2v) is 8.37. The number of phenols is 1. The van der Waals surface area contributed by atoms with Crippen LogP contribution in [0.2, 0.25) is 0 Å². The van der Waals surface area contributed by atoms with Crippen LogP contribution in [0.15, 0.2) is 41.8 Å². The van der Waals surface area contributed by atoms with Crippen molar-refractivity contribution in [2.24, 2.45) is 0 Å². The summed E-state index contributed by atoms with van der Waals surface area (Å²) in [7, 11) is 1.90. The van der Waals surface area contributed by atoms with Crippen LogP contribution in [0.25, 0.3) is 21.5 Å². The lowest BCUT2D eigenvalue weighted by atomic mass is 10.1. The van der Waals surface area contributed by atoms with Crippen molar-refractivity contribution in [3.63, 3.8) is 0 Å². The van der Waals surface area contributed by atoms with Gasteiger partial charge in [-0.1, -0.05) is 26.0 Å². The van der Waals surface area contributed by atoms with E-state index in [9.17, 15) is 15.0 Å². The zero-order valence-corrected chi connectivity index (χ0v) is 17.7. The highest BCUT2D eigenvalue weighted by Crippen LogP contribution is 2.36. The number of aromatic hydroxyl groups is 1. The molecule has 0 saturated heterocycles. The third kappa shape index (κ3) is 3.61.